The van der Waals surface area contributed by atoms with Crippen LogP contribution in [0.4, 0.5) is 11.4 Å². The maximum absolute atomic E-state index is 12.7. The molecule has 0 saturated carbocycles. The van der Waals surface area contributed by atoms with Crippen LogP contribution in [-0.2, 0) is 9.59 Å². The number of nitrogens with zero attached hydrogens (tertiary/aromatic N) is 2. The molecule has 2 amide bonds. The maximum atomic E-state index is 12.7. The van der Waals surface area contributed by atoms with Crippen molar-refractivity contribution in [2.75, 3.05) is 23.5 Å². The molecule has 2 aromatic carbocycles. The van der Waals surface area contributed by atoms with Gasteiger partial charge in [-0.25, -0.2) is 5.01 Å². The van der Waals surface area contributed by atoms with Gasteiger partial charge >= 0.3 is 0 Å². The molecular formula is C22H24ClN3O2. The van der Waals surface area contributed by atoms with Crippen molar-refractivity contribution in [3.05, 3.63) is 64.7 Å². The zero-order valence-electron chi connectivity index (χ0n) is 16.3. The van der Waals surface area contributed by atoms with Crippen LogP contribution in [0, 0.1) is 5.92 Å². The second kappa shape index (κ2) is 8.48. The molecule has 1 N–H and O–H groups in total. The van der Waals surface area contributed by atoms with Crippen molar-refractivity contribution in [1.29, 1.82) is 0 Å². The van der Waals surface area contributed by atoms with Crippen LogP contribution in [0.1, 0.15) is 25.8 Å². The third kappa shape index (κ3) is 4.54. The number of hydrogen-bond donors (Lipinski definition) is 1. The van der Waals surface area contributed by atoms with Crippen LogP contribution < -0.4 is 15.3 Å². The summed E-state index contributed by atoms with van der Waals surface area (Å²) in [7, 11) is 2.06. The topological polar surface area (TPSA) is 52.7 Å². The van der Waals surface area contributed by atoms with E-state index in [1.54, 1.807) is 30.3 Å². The normalized spacial score (nSPS) is 15.5. The van der Waals surface area contributed by atoms with Gasteiger partial charge in [0.2, 0.25) is 0 Å². The number of carbonyl (C=O) groups is 2. The number of nitrogens with one attached hydrogen (secondary N) is 1. The van der Waals surface area contributed by atoms with Crippen molar-refractivity contribution in [1.82, 2.24) is 5.43 Å². The number of anilines is 2. The first-order chi connectivity index (χ1) is 13.3. The lowest BCUT2D eigenvalue weighted by Crippen LogP contribution is -2.35. The Kier molecular flexibility index (Phi) is 6.05. The molecule has 6 heteroatoms. The van der Waals surface area contributed by atoms with E-state index in [0.717, 1.165) is 24.2 Å². The van der Waals surface area contributed by atoms with Crippen LogP contribution in [0.25, 0.3) is 6.08 Å². The largest absolute Gasteiger partial charge is 0.375 e. The van der Waals surface area contributed by atoms with Gasteiger partial charge in [-0.2, -0.15) is 0 Å². The van der Waals surface area contributed by atoms with Gasteiger partial charge in [0.25, 0.3) is 11.8 Å². The molecular weight excluding hydrogens is 374 g/mol. The molecule has 1 heterocycles. The van der Waals surface area contributed by atoms with Gasteiger partial charge < -0.3 is 4.90 Å². The summed E-state index contributed by atoms with van der Waals surface area (Å²) in [4.78, 5) is 27.2. The molecule has 0 bridgehead atoms. The minimum Gasteiger partial charge on any atom is -0.375 e. The van der Waals surface area contributed by atoms with Crippen LogP contribution in [0.5, 0.6) is 0 Å². The summed E-state index contributed by atoms with van der Waals surface area (Å²) in [5.41, 5.74) is 5.11. The van der Waals surface area contributed by atoms with Crippen LogP contribution >= 0.6 is 11.6 Å². The molecule has 3 rings (SSSR count). The summed E-state index contributed by atoms with van der Waals surface area (Å²) in [6.45, 7) is 5.40. The van der Waals surface area contributed by atoms with Gasteiger partial charge in [-0.1, -0.05) is 43.6 Å². The van der Waals surface area contributed by atoms with E-state index < -0.39 is 11.8 Å². The van der Waals surface area contributed by atoms with Crippen LogP contribution in [0.3, 0.4) is 0 Å². The van der Waals surface area contributed by atoms with Gasteiger partial charge in [0.15, 0.2) is 0 Å². The summed E-state index contributed by atoms with van der Waals surface area (Å²) in [5.74, 6) is -0.172. The molecule has 0 radical (unpaired) electrons. The van der Waals surface area contributed by atoms with Gasteiger partial charge in [0, 0.05) is 24.3 Å². The molecule has 2 aromatic rings. The van der Waals surface area contributed by atoms with Crippen molar-refractivity contribution >= 4 is 40.9 Å². The first-order valence-corrected chi connectivity index (χ1v) is 9.67. The first kappa shape index (κ1) is 20.0. The highest BCUT2D eigenvalue weighted by atomic mass is 35.5. The Hall–Kier alpha value is -2.79. The highest BCUT2D eigenvalue weighted by Crippen LogP contribution is 2.24. The van der Waals surface area contributed by atoms with Crippen molar-refractivity contribution in [3.63, 3.8) is 0 Å². The quantitative estimate of drug-likeness (QED) is 0.584. The molecule has 28 heavy (non-hydrogen) atoms. The van der Waals surface area contributed by atoms with E-state index >= 15 is 0 Å². The average molecular weight is 398 g/mol. The Balaban J connectivity index is 1.76. The minimum absolute atomic E-state index is 0.0980. The fraction of sp³-hybridized carbons (Fsp3) is 0.273. The zero-order valence-corrected chi connectivity index (χ0v) is 17.0. The van der Waals surface area contributed by atoms with E-state index in [4.69, 9.17) is 11.6 Å². The van der Waals surface area contributed by atoms with Gasteiger partial charge in [0.05, 0.1) is 5.69 Å². The molecule has 5 nitrogen and oxygen atoms in total. The van der Waals surface area contributed by atoms with Crippen molar-refractivity contribution < 1.29 is 9.59 Å². The van der Waals surface area contributed by atoms with Crippen LogP contribution in [-0.4, -0.2) is 25.4 Å². The third-order valence-corrected chi connectivity index (χ3v) is 4.88. The maximum Gasteiger partial charge on any atom is 0.282 e. The Morgan fingerprint density at radius 1 is 1.14 bits per heavy atom. The van der Waals surface area contributed by atoms with E-state index in [0.29, 0.717) is 16.6 Å². The monoisotopic (exact) mass is 397 g/mol. The lowest BCUT2D eigenvalue weighted by molar-refractivity contribution is -0.117. The summed E-state index contributed by atoms with van der Waals surface area (Å²) >= 11 is 5.98. The van der Waals surface area contributed by atoms with Crippen LogP contribution in [0.15, 0.2) is 54.1 Å². The predicted octanol–water partition coefficient (Wildman–Crippen LogP) is 4.28. The number of rotatable bonds is 6. The molecule has 1 aliphatic rings. The average Bonchev–Trinajstić information content (AvgIpc) is 2.95. The zero-order chi connectivity index (χ0) is 20.3. The fourth-order valence-electron chi connectivity index (χ4n) is 2.93. The summed E-state index contributed by atoms with van der Waals surface area (Å²) < 4.78 is 0. The van der Waals surface area contributed by atoms with E-state index in [-0.39, 0.29) is 5.57 Å². The number of hydrazine groups is 1. The number of benzene rings is 2. The van der Waals surface area contributed by atoms with Crippen molar-refractivity contribution in [2.45, 2.75) is 20.3 Å². The highest BCUT2D eigenvalue weighted by Gasteiger charge is 2.34. The Labute approximate surface area is 170 Å². The molecule has 0 spiro atoms. The first-order valence-electron chi connectivity index (χ1n) is 9.29. The standard InChI is InChI=1S/C22H24ClN3O2/c1-15(2)11-12-25(3)18-9-7-16(8-10-18)13-20-21(27)24-26(22(20)28)19-6-4-5-17(23)14-19/h4-10,13-15H,11-12H2,1-3H3,(H,24,27)/b20-13+. The Morgan fingerprint density at radius 3 is 2.50 bits per heavy atom. The van der Waals surface area contributed by atoms with E-state index in [1.165, 1.54) is 5.01 Å². The Morgan fingerprint density at radius 2 is 1.86 bits per heavy atom. The SMILES string of the molecule is CC(C)CCN(C)c1ccc(/C=C2\C(=O)NN(c3cccc(Cl)c3)C2=O)cc1. The molecule has 1 fully saturated rings. The molecule has 0 atom stereocenters. The smallest absolute Gasteiger partial charge is 0.282 e. The second-order valence-electron chi connectivity index (χ2n) is 7.31. The van der Waals surface area contributed by atoms with Crippen LogP contribution in [0.2, 0.25) is 5.02 Å². The number of amides is 2. The molecule has 1 saturated heterocycles. The molecule has 0 unspecified atom stereocenters. The minimum atomic E-state index is -0.428. The van der Waals surface area contributed by atoms with Gasteiger partial charge in [-0.3, -0.25) is 15.0 Å². The lowest BCUT2D eigenvalue weighted by Gasteiger charge is -2.20. The van der Waals surface area contributed by atoms with E-state index in [9.17, 15) is 9.59 Å². The molecule has 1 aliphatic heterocycles. The third-order valence-electron chi connectivity index (χ3n) is 4.64. The highest BCUT2D eigenvalue weighted by molar-refractivity contribution is 6.33. The molecule has 0 aromatic heterocycles. The van der Waals surface area contributed by atoms with Crippen molar-refractivity contribution in [2.24, 2.45) is 5.92 Å². The van der Waals surface area contributed by atoms with E-state index in [1.807, 2.05) is 24.3 Å². The second-order valence-corrected chi connectivity index (χ2v) is 7.75. The Bertz CT molecular complexity index is 906. The molecule has 146 valence electrons. The lowest BCUT2D eigenvalue weighted by atomic mass is 10.1. The number of carbonyl (C=O) groups excluding carboxylic acids is 2. The summed E-state index contributed by atoms with van der Waals surface area (Å²) in [6, 6.07) is 14.6. The van der Waals surface area contributed by atoms with E-state index in [2.05, 4.69) is 31.2 Å². The number of halogens is 1. The molecule has 0 aliphatic carbocycles. The van der Waals surface area contributed by atoms with Gasteiger partial charge in [-0.15, -0.1) is 0 Å². The van der Waals surface area contributed by atoms with Crippen molar-refractivity contribution in [3.8, 4) is 0 Å². The van der Waals surface area contributed by atoms with Gasteiger partial charge in [-0.05, 0) is 54.3 Å². The summed E-state index contributed by atoms with van der Waals surface area (Å²) in [6.07, 6.45) is 2.73. The van der Waals surface area contributed by atoms with Gasteiger partial charge in [0.1, 0.15) is 5.57 Å². The number of hydrogen-bond acceptors (Lipinski definition) is 3. The fourth-order valence-corrected chi connectivity index (χ4v) is 3.11. The summed E-state index contributed by atoms with van der Waals surface area (Å²) in [5, 5.41) is 1.71. The predicted molar refractivity (Wildman–Crippen MR) is 114 cm³/mol.